The van der Waals surface area contributed by atoms with Gasteiger partial charge in [0.15, 0.2) is 0 Å². The maximum atomic E-state index is 12.3. The maximum absolute atomic E-state index is 12.3. The summed E-state index contributed by atoms with van der Waals surface area (Å²) in [4.78, 5) is 23.9. The molecular weight excluding hydrogens is 410 g/mol. The van der Waals surface area contributed by atoms with E-state index in [-0.39, 0.29) is 12.3 Å². The molecule has 1 aromatic heterocycles. The SMILES string of the molecule is Cc1cc(N2CCCCC2)nc(Nc2ccc(NC(=O)Cc3ccccc3Cl)cc2)n1. The van der Waals surface area contributed by atoms with Crippen LogP contribution in [0.4, 0.5) is 23.1 Å². The van der Waals surface area contributed by atoms with Gasteiger partial charge in [-0.3, -0.25) is 4.79 Å². The van der Waals surface area contributed by atoms with Crippen molar-refractivity contribution in [2.75, 3.05) is 28.6 Å². The topological polar surface area (TPSA) is 70.2 Å². The minimum atomic E-state index is -0.109. The van der Waals surface area contributed by atoms with Crippen molar-refractivity contribution in [3.8, 4) is 0 Å². The molecule has 1 aliphatic rings. The smallest absolute Gasteiger partial charge is 0.229 e. The highest BCUT2D eigenvalue weighted by molar-refractivity contribution is 6.31. The number of aryl methyl sites for hydroxylation is 1. The van der Waals surface area contributed by atoms with Crippen LogP contribution in [0.1, 0.15) is 30.5 Å². The van der Waals surface area contributed by atoms with Crippen LogP contribution in [-0.4, -0.2) is 29.0 Å². The van der Waals surface area contributed by atoms with E-state index in [4.69, 9.17) is 16.6 Å². The van der Waals surface area contributed by atoms with Gasteiger partial charge in [0.05, 0.1) is 6.42 Å². The summed E-state index contributed by atoms with van der Waals surface area (Å²) in [6, 6.07) is 16.9. The van der Waals surface area contributed by atoms with E-state index in [9.17, 15) is 4.79 Å². The normalized spacial score (nSPS) is 13.7. The summed E-state index contributed by atoms with van der Waals surface area (Å²) in [6.45, 7) is 4.06. The molecule has 4 rings (SSSR count). The Morgan fingerprint density at radius 1 is 1.00 bits per heavy atom. The van der Waals surface area contributed by atoms with E-state index in [0.717, 1.165) is 41.5 Å². The lowest BCUT2D eigenvalue weighted by Crippen LogP contribution is -2.30. The highest BCUT2D eigenvalue weighted by atomic mass is 35.5. The van der Waals surface area contributed by atoms with E-state index in [2.05, 4.69) is 20.5 Å². The van der Waals surface area contributed by atoms with Gasteiger partial charge in [-0.2, -0.15) is 4.98 Å². The molecule has 6 nitrogen and oxygen atoms in total. The third-order valence-electron chi connectivity index (χ3n) is 5.25. The van der Waals surface area contributed by atoms with Crippen molar-refractivity contribution >= 4 is 40.6 Å². The molecule has 0 spiro atoms. The van der Waals surface area contributed by atoms with Crippen LogP contribution in [0.5, 0.6) is 0 Å². The number of aromatic nitrogens is 2. The van der Waals surface area contributed by atoms with Crippen LogP contribution in [0.3, 0.4) is 0 Å². The number of piperidine rings is 1. The van der Waals surface area contributed by atoms with Gasteiger partial charge in [-0.05, 0) is 62.1 Å². The number of carbonyl (C=O) groups excluding carboxylic acids is 1. The fourth-order valence-electron chi connectivity index (χ4n) is 3.68. The molecule has 1 saturated heterocycles. The van der Waals surface area contributed by atoms with Crippen LogP contribution in [0.25, 0.3) is 0 Å². The summed E-state index contributed by atoms with van der Waals surface area (Å²) >= 11 is 6.14. The van der Waals surface area contributed by atoms with Crippen LogP contribution < -0.4 is 15.5 Å². The molecule has 0 saturated carbocycles. The average Bonchev–Trinajstić information content (AvgIpc) is 2.77. The molecule has 3 aromatic rings. The van der Waals surface area contributed by atoms with Gasteiger partial charge in [-0.25, -0.2) is 4.98 Å². The highest BCUT2D eigenvalue weighted by Crippen LogP contribution is 2.23. The largest absolute Gasteiger partial charge is 0.356 e. The molecule has 1 aliphatic heterocycles. The Labute approximate surface area is 187 Å². The summed E-state index contributed by atoms with van der Waals surface area (Å²) in [6.07, 6.45) is 3.92. The Morgan fingerprint density at radius 2 is 1.71 bits per heavy atom. The Hall–Kier alpha value is -3.12. The van der Waals surface area contributed by atoms with Gasteiger partial charge in [0.25, 0.3) is 0 Å². The predicted octanol–water partition coefficient (Wildman–Crippen LogP) is 5.35. The van der Waals surface area contributed by atoms with Crippen molar-refractivity contribution < 1.29 is 4.79 Å². The zero-order chi connectivity index (χ0) is 21.6. The number of nitrogens with zero attached hydrogens (tertiary/aromatic N) is 3. The standard InChI is InChI=1S/C24H26ClN5O/c1-17-15-22(30-13-5-2-6-14-30)29-24(26-17)28-20-11-9-19(10-12-20)27-23(31)16-18-7-3-4-8-21(18)25/h3-4,7-12,15H,2,5-6,13-14,16H2,1H3,(H,27,31)(H,26,28,29). The van der Waals surface area contributed by atoms with Crippen molar-refractivity contribution in [3.63, 3.8) is 0 Å². The van der Waals surface area contributed by atoms with Crippen LogP contribution in [-0.2, 0) is 11.2 Å². The Morgan fingerprint density at radius 3 is 2.45 bits per heavy atom. The molecule has 0 bridgehead atoms. The lowest BCUT2D eigenvalue weighted by molar-refractivity contribution is -0.115. The van der Waals surface area contributed by atoms with Gasteiger partial charge in [-0.15, -0.1) is 0 Å². The Bertz CT molecular complexity index is 1050. The number of carbonyl (C=O) groups is 1. The number of halogens is 1. The molecule has 2 heterocycles. The maximum Gasteiger partial charge on any atom is 0.229 e. The fourth-order valence-corrected chi connectivity index (χ4v) is 3.88. The lowest BCUT2D eigenvalue weighted by Gasteiger charge is -2.28. The monoisotopic (exact) mass is 435 g/mol. The van der Waals surface area contributed by atoms with Gasteiger partial charge in [0, 0.05) is 41.2 Å². The molecule has 160 valence electrons. The van der Waals surface area contributed by atoms with E-state index in [1.807, 2.05) is 55.5 Å². The van der Waals surface area contributed by atoms with Gasteiger partial charge in [0.2, 0.25) is 11.9 Å². The first-order chi connectivity index (χ1) is 15.1. The summed E-state index contributed by atoms with van der Waals surface area (Å²) in [5.74, 6) is 1.44. The predicted molar refractivity (Wildman–Crippen MR) is 126 cm³/mol. The Kier molecular flexibility index (Phi) is 6.67. The van der Waals surface area contributed by atoms with Crippen molar-refractivity contribution in [1.29, 1.82) is 0 Å². The number of hydrogen-bond donors (Lipinski definition) is 2. The molecule has 1 fully saturated rings. The Balaban J connectivity index is 1.39. The van der Waals surface area contributed by atoms with Gasteiger partial charge in [-0.1, -0.05) is 29.8 Å². The second-order valence-corrected chi connectivity index (χ2v) is 8.16. The molecule has 2 N–H and O–H groups in total. The van der Waals surface area contributed by atoms with Crippen molar-refractivity contribution in [3.05, 3.63) is 70.9 Å². The molecule has 0 radical (unpaired) electrons. The summed E-state index contributed by atoms with van der Waals surface area (Å²) in [7, 11) is 0. The van der Waals surface area contributed by atoms with E-state index in [0.29, 0.717) is 11.0 Å². The van der Waals surface area contributed by atoms with E-state index in [1.54, 1.807) is 6.07 Å². The minimum Gasteiger partial charge on any atom is -0.356 e. The number of benzene rings is 2. The van der Waals surface area contributed by atoms with Crippen molar-refractivity contribution in [2.24, 2.45) is 0 Å². The fraction of sp³-hybridized carbons (Fsp3) is 0.292. The molecular formula is C24H26ClN5O. The zero-order valence-corrected chi connectivity index (χ0v) is 18.3. The zero-order valence-electron chi connectivity index (χ0n) is 17.6. The quantitative estimate of drug-likeness (QED) is 0.545. The van der Waals surface area contributed by atoms with Crippen molar-refractivity contribution in [1.82, 2.24) is 9.97 Å². The first-order valence-corrected chi connectivity index (χ1v) is 11.0. The average molecular weight is 436 g/mol. The first-order valence-electron chi connectivity index (χ1n) is 10.6. The van der Waals surface area contributed by atoms with Gasteiger partial charge in [0.1, 0.15) is 5.82 Å². The number of amides is 1. The van der Waals surface area contributed by atoms with Crippen LogP contribution in [0.2, 0.25) is 5.02 Å². The van der Waals surface area contributed by atoms with Crippen LogP contribution in [0, 0.1) is 6.92 Å². The van der Waals surface area contributed by atoms with Gasteiger partial charge < -0.3 is 15.5 Å². The lowest BCUT2D eigenvalue weighted by atomic mass is 10.1. The van der Waals surface area contributed by atoms with E-state index in [1.165, 1.54) is 19.3 Å². The molecule has 2 aromatic carbocycles. The summed E-state index contributed by atoms with van der Waals surface area (Å²) in [5, 5.41) is 6.78. The van der Waals surface area contributed by atoms with Gasteiger partial charge >= 0.3 is 0 Å². The van der Waals surface area contributed by atoms with E-state index < -0.39 is 0 Å². The number of anilines is 4. The van der Waals surface area contributed by atoms with Crippen LogP contribution >= 0.6 is 11.6 Å². The molecule has 0 unspecified atom stereocenters. The summed E-state index contributed by atoms with van der Waals surface area (Å²) in [5.41, 5.74) is 3.32. The molecule has 1 amide bonds. The second-order valence-electron chi connectivity index (χ2n) is 7.76. The number of rotatable bonds is 6. The minimum absolute atomic E-state index is 0.109. The third kappa shape index (κ3) is 5.73. The first kappa shape index (κ1) is 21.1. The molecule has 31 heavy (non-hydrogen) atoms. The van der Waals surface area contributed by atoms with Crippen LogP contribution in [0.15, 0.2) is 54.6 Å². The number of nitrogens with one attached hydrogen (secondary N) is 2. The second kappa shape index (κ2) is 9.79. The molecule has 7 heteroatoms. The summed E-state index contributed by atoms with van der Waals surface area (Å²) < 4.78 is 0. The van der Waals surface area contributed by atoms with Crippen molar-refractivity contribution in [2.45, 2.75) is 32.6 Å². The third-order valence-corrected chi connectivity index (χ3v) is 5.62. The number of hydrogen-bond acceptors (Lipinski definition) is 5. The molecule has 0 atom stereocenters. The highest BCUT2D eigenvalue weighted by Gasteiger charge is 2.14. The molecule has 0 aliphatic carbocycles. The van der Waals surface area contributed by atoms with E-state index >= 15 is 0 Å².